The minimum absolute atomic E-state index is 0.0713. The van der Waals surface area contributed by atoms with Gasteiger partial charge in [0.15, 0.2) is 0 Å². The summed E-state index contributed by atoms with van der Waals surface area (Å²) in [7, 11) is -4.07. The van der Waals surface area contributed by atoms with E-state index in [0.717, 1.165) is 0 Å². The summed E-state index contributed by atoms with van der Waals surface area (Å²) < 4.78 is 30.3. The van der Waals surface area contributed by atoms with E-state index in [2.05, 4.69) is 6.58 Å². The van der Waals surface area contributed by atoms with Crippen LogP contribution in [0.5, 0.6) is 23.0 Å². The van der Waals surface area contributed by atoms with Gasteiger partial charge < -0.3 is 18.7 Å². The standard InChI is InChI=1S/C21H19O5P/c1-2-9-17-16-18(22)14-15-21(17)26-27(23,24-19-10-5-3-6-11-19)25-20-12-7-4-8-13-20/h2-8,10-16,22H,1,9H2. The quantitative estimate of drug-likeness (QED) is 0.396. The van der Waals surface area contributed by atoms with E-state index in [9.17, 15) is 9.67 Å². The van der Waals surface area contributed by atoms with Gasteiger partial charge in [-0.3, -0.25) is 0 Å². The fourth-order valence-electron chi connectivity index (χ4n) is 2.37. The van der Waals surface area contributed by atoms with Crippen LogP contribution >= 0.6 is 7.82 Å². The summed E-state index contributed by atoms with van der Waals surface area (Å²) in [6.45, 7) is 3.69. The van der Waals surface area contributed by atoms with Crippen LogP contribution < -0.4 is 13.6 Å². The number of phenols is 1. The van der Waals surface area contributed by atoms with Gasteiger partial charge in [0.25, 0.3) is 0 Å². The van der Waals surface area contributed by atoms with Crippen molar-refractivity contribution < 1.29 is 23.2 Å². The molecule has 0 aromatic heterocycles. The summed E-state index contributed by atoms with van der Waals surface area (Å²) >= 11 is 0. The molecule has 6 heteroatoms. The van der Waals surface area contributed by atoms with Crippen molar-refractivity contribution in [3.05, 3.63) is 97.1 Å². The highest BCUT2D eigenvalue weighted by Crippen LogP contribution is 2.50. The number of phosphoric ester groups is 1. The zero-order valence-corrected chi connectivity index (χ0v) is 15.4. The summed E-state index contributed by atoms with van der Waals surface area (Å²) in [6, 6.07) is 21.8. The van der Waals surface area contributed by atoms with Crippen molar-refractivity contribution in [3.63, 3.8) is 0 Å². The molecule has 0 radical (unpaired) electrons. The number of phosphoric acid groups is 1. The number of hydrogen-bond donors (Lipinski definition) is 1. The fraction of sp³-hybridized carbons (Fsp3) is 0.0476. The van der Waals surface area contributed by atoms with Gasteiger partial charge in [-0.05, 0) is 48.9 Å². The Morgan fingerprint density at radius 1 is 0.852 bits per heavy atom. The van der Waals surface area contributed by atoms with Gasteiger partial charge in [-0.15, -0.1) is 6.58 Å². The van der Waals surface area contributed by atoms with E-state index in [1.54, 1.807) is 54.6 Å². The Labute approximate surface area is 158 Å². The van der Waals surface area contributed by atoms with Crippen molar-refractivity contribution in [2.45, 2.75) is 6.42 Å². The number of aromatic hydroxyl groups is 1. The maximum absolute atomic E-state index is 13.4. The molecule has 0 saturated heterocycles. The summed E-state index contributed by atoms with van der Waals surface area (Å²) in [4.78, 5) is 0. The molecule has 0 aliphatic heterocycles. The molecule has 0 saturated carbocycles. The molecule has 0 amide bonds. The largest absolute Gasteiger partial charge is 0.647 e. The van der Waals surface area contributed by atoms with E-state index in [-0.39, 0.29) is 11.5 Å². The molecule has 0 spiro atoms. The van der Waals surface area contributed by atoms with Gasteiger partial charge in [-0.2, -0.15) is 4.57 Å². The average molecular weight is 382 g/mol. The maximum Gasteiger partial charge on any atom is 0.647 e. The van der Waals surface area contributed by atoms with Crippen molar-refractivity contribution in [1.82, 2.24) is 0 Å². The number of rotatable bonds is 8. The number of allylic oxidation sites excluding steroid dienone is 1. The van der Waals surface area contributed by atoms with E-state index >= 15 is 0 Å². The lowest BCUT2D eigenvalue weighted by molar-refractivity contribution is 0.297. The summed E-state index contributed by atoms with van der Waals surface area (Å²) in [6.07, 6.45) is 2.07. The molecule has 5 nitrogen and oxygen atoms in total. The second-order valence-corrected chi connectivity index (χ2v) is 7.07. The third-order valence-electron chi connectivity index (χ3n) is 3.54. The monoisotopic (exact) mass is 382 g/mol. The molecule has 0 atom stereocenters. The molecular formula is C21H19O5P. The van der Waals surface area contributed by atoms with Gasteiger partial charge in [0, 0.05) is 5.56 Å². The average Bonchev–Trinajstić information content (AvgIpc) is 2.66. The summed E-state index contributed by atoms with van der Waals surface area (Å²) in [5, 5.41) is 9.71. The van der Waals surface area contributed by atoms with Crippen LogP contribution in [-0.2, 0) is 11.0 Å². The highest BCUT2D eigenvalue weighted by atomic mass is 31.2. The molecule has 3 rings (SSSR count). The van der Waals surface area contributed by atoms with Crippen LogP contribution in [0.3, 0.4) is 0 Å². The topological polar surface area (TPSA) is 65.0 Å². The third-order valence-corrected chi connectivity index (χ3v) is 4.83. The lowest BCUT2D eigenvalue weighted by Crippen LogP contribution is -2.08. The predicted molar refractivity (Wildman–Crippen MR) is 104 cm³/mol. The Balaban J connectivity index is 1.94. The van der Waals surface area contributed by atoms with Crippen molar-refractivity contribution in [2.24, 2.45) is 0 Å². The zero-order valence-electron chi connectivity index (χ0n) is 14.5. The van der Waals surface area contributed by atoms with Crippen molar-refractivity contribution >= 4 is 7.82 Å². The van der Waals surface area contributed by atoms with Crippen LogP contribution in [0.15, 0.2) is 91.5 Å². The van der Waals surface area contributed by atoms with Crippen LogP contribution in [-0.4, -0.2) is 5.11 Å². The second kappa shape index (κ2) is 8.47. The van der Waals surface area contributed by atoms with Crippen LogP contribution in [0, 0.1) is 0 Å². The first-order valence-electron chi connectivity index (χ1n) is 8.30. The number of hydrogen-bond acceptors (Lipinski definition) is 5. The van der Waals surface area contributed by atoms with Crippen LogP contribution in [0.4, 0.5) is 0 Å². The first-order chi connectivity index (χ1) is 13.1. The minimum atomic E-state index is -4.07. The SMILES string of the molecule is C=CCc1cc(O)ccc1OP(=O)(Oc1ccccc1)Oc1ccccc1. The first-order valence-corrected chi connectivity index (χ1v) is 9.76. The highest BCUT2D eigenvalue weighted by Gasteiger charge is 2.34. The molecule has 0 aliphatic rings. The molecule has 1 N–H and O–H groups in total. The molecule has 27 heavy (non-hydrogen) atoms. The minimum Gasteiger partial charge on any atom is -0.508 e. The van der Waals surface area contributed by atoms with E-state index in [1.807, 2.05) is 12.1 Å². The van der Waals surface area contributed by atoms with Crippen LogP contribution in [0.25, 0.3) is 0 Å². The van der Waals surface area contributed by atoms with Crippen molar-refractivity contribution in [3.8, 4) is 23.0 Å². The van der Waals surface area contributed by atoms with Crippen LogP contribution in [0.1, 0.15) is 5.56 Å². The highest BCUT2D eigenvalue weighted by molar-refractivity contribution is 7.49. The van der Waals surface area contributed by atoms with Gasteiger partial charge in [-0.25, -0.2) is 0 Å². The van der Waals surface area contributed by atoms with Gasteiger partial charge in [0.2, 0.25) is 0 Å². The van der Waals surface area contributed by atoms with Crippen LogP contribution in [0.2, 0.25) is 0 Å². The normalized spacial score (nSPS) is 10.8. The Hall–Kier alpha value is -3.17. The zero-order chi connectivity index (χ0) is 19.1. The van der Waals surface area contributed by atoms with Gasteiger partial charge in [-0.1, -0.05) is 42.5 Å². The van der Waals surface area contributed by atoms with Gasteiger partial charge >= 0.3 is 7.82 Å². The van der Waals surface area contributed by atoms with Gasteiger partial charge in [0.05, 0.1) is 0 Å². The smallest absolute Gasteiger partial charge is 0.508 e. The molecule has 0 unspecified atom stereocenters. The van der Waals surface area contributed by atoms with E-state index < -0.39 is 7.82 Å². The van der Waals surface area contributed by atoms with E-state index in [4.69, 9.17) is 13.6 Å². The number of para-hydroxylation sites is 2. The molecule has 0 fully saturated rings. The Morgan fingerprint density at radius 2 is 1.41 bits per heavy atom. The molecule has 0 aliphatic carbocycles. The fourth-order valence-corrected chi connectivity index (χ4v) is 3.66. The molecule has 138 valence electrons. The third kappa shape index (κ3) is 5.16. The summed E-state index contributed by atoms with van der Waals surface area (Å²) in [5.74, 6) is 1.05. The van der Waals surface area contributed by atoms with Crippen molar-refractivity contribution in [2.75, 3.05) is 0 Å². The van der Waals surface area contributed by atoms with Crippen molar-refractivity contribution in [1.29, 1.82) is 0 Å². The molecule has 0 heterocycles. The first kappa shape index (κ1) is 18.6. The second-order valence-electron chi connectivity index (χ2n) is 5.63. The summed E-state index contributed by atoms with van der Waals surface area (Å²) in [5.41, 5.74) is 0.610. The Morgan fingerprint density at radius 3 is 1.93 bits per heavy atom. The lowest BCUT2D eigenvalue weighted by Gasteiger charge is -2.20. The number of phenolic OH excluding ortho intramolecular Hbond substituents is 1. The predicted octanol–water partition coefficient (Wildman–Crippen LogP) is 5.77. The maximum atomic E-state index is 13.4. The van der Waals surface area contributed by atoms with E-state index in [1.165, 1.54) is 18.2 Å². The van der Waals surface area contributed by atoms with E-state index in [0.29, 0.717) is 23.5 Å². The number of benzene rings is 3. The molecule has 0 bridgehead atoms. The molecular weight excluding hydrogens is 363 g/mol. The Bertz CT molecular complexity index is 896. The molecule has 3 aromatic carbocycles. The Kier molecular flexibility index (Phi) is 5.84. The van der Waals surface area contributed by atoms with Gasteiger partial charge in [0.1, 0.15) is 23.0 Å². The molecule has 3 aromatic rings. The lowest BCUT2D eigenvalue weighted by atomic mass is 10.1.